The van der Waals surface area contributed by atoms with E-state index in [9.17, 15) is 5.11 Å². The van der Waals surface area contributed by atoms with Crippen molar-refractivity contribution in [2.45, 2.75) is 6.92 Å². The van der Waals surface area contributed by atoms with Crippen molar-refractivity contribution in [1.82, 2.24) is 9.55 Å². The maximum Gasteiger partial charge on any atom is 0.140 e. The molecule has 0 amide bonds. The molecule has 18 heavy (non-hydrogen) atoms. The van der Waals surface area contributed by atoms with Gasteiger partial charge in [-0.1, -0.05) is 23.8 Å². The Bertz CT molecular complexity index is 728. The van der Waals surface area contributed by atoms with Gasteiger partial charge in [0.25, 0.3) is 0 Å². The molecule has 0 saturated carbocycles. The zero-order valence-corrected chi connectivity index (χ0v) is 10.4. The quantitative estimate of drug-likeness (QED) is 0.706. The number of nitrogens with zero attached hydrogens (tertiary/aromatic N) is 2. The minimum atomic E-state index is 0.265. The van der Waals surface area contributed by atoms with Gasteiger partial charge in [-0.05, 0) is 25.1 Å². The van der Waals surface area contributed by atoms with E-state index in [4.69, 9.17) is 0 Å². The topological polar surface area (TPSA) is 38.1 Å². The van der Waals surface area contributed by atoms with E-state index in [2.05, 4.69) is 24.0 Å². The van der Waals surface area contributed by atoms with E-state index in [0.717, 1.165) is 22.4 Å². The summed E-state index contributed by atoms with van der Waals surface area (Å²) in [5.74, 6) is 1.18. The average Bonchev–Trinajstić information content (AvgIpc) is 2.67. The van der Waals surface area contributed by atoms with E-state index in [1.54, 1.807) is 12.1 Å². The summed E-state index contributed by atoms with van der Waals surface area (Å²) < 4.78 is 2.00. The summed E-state index contributed by atoms with van der Waals surface area (Å²) >= 11 is 0. The Balaban J connectivity index is 2.27. The standard InChI is InChI=1S/C15H14N2O/c1-10-4-3-5-11(8-10)15-16-13-7-6-12(18)9-14(13)17(15)2/h3-9,18H,1-2H3. The van der Waals surface area contributed by atoms with Crippen LogP contribution in [-0.2, 0) is 7.05 Å². The van der Waals surface area contributed by atoms with E-state index < -0.39 is 0 Å². The van der Waals surface area contributed by atoms with E-state index in [0.29, 0.717) is 0 Å². The Hall–Kier alpha value is -2.29. The molecule has 0 atom stereocenters. The molecule has 90 valence electrons. The van der Waals surface area contributed by atoms with Gasteiger partial charge in [-0.3, -0.25) is 0 Å². The van der Waals surface area contributed by atoms with E-state index >= 15 is 0 Å². The van der Waals surface area contributed by atoms with Gasteiger partial charge in [-0.2, -0.15) is 0 Å². The number of aromatic nitrogens is 2. The molecule has 1 heterocycles. The first kappa shape index (κ1) is 10.8. The number of benzene rings is 2. The van der Waals surface area contributed by atoms with Gasteiger partial charge in [-0.25, -0.2) is 4.98 Å². The zero-order valence-electron chi connectivity index (χ0n) is 10.4. The van der Waals surface area contributed by atoms with Gasteiger partial charge in [0.1, 0.15) is 11.6 Å². The first-order chi connectivity index (χ1) is 8.65. The largest absolute Gasteiger partial charge is 0.508 e. The van der Waals surface area contributed by atoms with Crippen molar-refractivity contribution in [2.75, 3.05) is 0 Å². The molecule has 0 aliphatic rings. The number of phenolic OH excluding ortho intramolecular Hbond substituents is 1. The zero-order chi connectivity index (χ0) is 12.7. The summed E-state index contributed by atoms with van der Waals surface area (Å²) in [6.45, 7) is 2.07. The molecule has 0 fully saturated rings. The first-order valence-corrected chi connectivity index (χ1v) is 5.87. The van der Waals surface area contributed by atoms with Crippen molar-refractivity contribution >= 4 is 11.0 Å². The van der Waals surface area contributed by atoms with Crippen molar-refractivity contribution in [2.24, 2.45) is 7.05 Å². The van der Waals surface area contributed by atoms with Gasteiger partial charge < -0.3 is 9.67 Å². The van der Waals surface area contributed by atoms with E-state index in [1.165, 1.54) is 5.56 Å². The van der Waals surface area contributed by atoms with E-state index in [1.807, 2.05) is 29.8 Å². The third-order valence-corrected chi connectivity index (χ3v) is 3.14. The third kappa shape index (κ3) is 1.64. The average molecular weight is 238 g/mol. The number of aromatic hydroxyl groups is 1. The summed E-state index contributed by atoms with van der Waals surface area (Å²) in [4.78, 5) is 4.62. The number of fused-ring (bicyclic) bond motifs is 1. The molecule has 1 aromatic heterocycles. The monoisotopic (exact) mass is 238 g/mol. The number of aryl methyl sites for hydroxylation is 2. The van der Waals surface area contributed by atoms with Crippen molar-refractivity contribution in [3.05, 3.63) is 48.0 Å². The lowest BCUT2D eigenvalue weighted by atomic mass is 10.1. The second-order valence-corrected chi connectivity index (χ2v) is 4.54. The maximum atomic E-state index is 9.54. The molecule has 0 spiro atoms. The summed E-state index contributed by atoms with van der Waals surface area (Å²) in [5, 5.41) is 9.54. The van der Waals surface area contributed by atoms with Gasteiger partial charge in [-0.15, -0.1) is 0 Å². The lowest BCUT2D eigenvalue weighted by Crippen LogP contribution is -1.92. The Labute approximate surface area is 105 Å². The maximum absolute atomic E-state index is 9.54. The fourth-order valence-electron chi connectivity index (χ4n) is 2.22. The van der Waals surface area contributed by atoms with Crippen LogP contribution in [0.3, 0.4) is 0 Å². The highest BCUT2D eigenvalue weighted by Gasteiger charge is 2.10. The third-order valence-electron chi connectivity index (χ3n) is 3.14. The Kier molecular flexibility index (Phi) is 2.33. The fourth-order valence-corrected chi connectivity index (χ4v) is 2.22. The summed E-state index contributed by atoms with van der Waals surface area (Å²) in [5.41, 5.74) is 4.13. The minimum Gasteiger partial charge on any atom is -0.508 e. The molecule has 0 unspecified atom stereocenters. The Morgan fingerprint density at radius 1 is 1.11 bits per heavy atom. The molecule has 0 aliphatic carbocycles. The van der Waals surface area contributed by atoms with Crippen LogP contribution < -0.4 is 0 Å². The normalized spacial score (nSPS) is 11.0. The summed E-state index contributed by atoms with van der Waals surface area (Å²) in [6, 6.07) is 13.5. The van der Waals surface area contributed by atoms with Gasteiger partial charge >= 0.3 is 0 Å². The van der Waals surface area contributed by atoms with Crippen molar-refractivity contribution in [3.63, 3.8) is 0 Å². The first-order valence-electron chi connectivity index (χ1n) is 5.87. The molecule has 3 nitrogen and oxygen atoms in total. The highest BCUT2D eigenvalue weighted by Crippen LogP contribution is 2.26. The van der Waals surface area contributed by atoms with Crippen LogP contribution in [0.15, 0.2) is 42.5 Å². The predicted octanol–water partition coefficient (Wildman–Crippen LogP) is 3.25. The Morgan fingerprint density at radius 2 is 1.94 bits per heavy atom. The van der Waals surface area contributed by atoms with Gasteiger partial charge in [0.2, 0.25) is 0 Å². The Morgan fingerprint density at radius 3 is 2.72 bits per heavy atom. The number of hydrogen-bond donors (Lipinski definition) is 1. The van der Waals surface area contributed by atoms with Crippen LogP contribution >= 0.6 is 0 Å². The fraction of sp³-hybridized carbons (Fsp3) is 0.133. The van der Waals surface area contributed by atoms with Crippen LogP contribution in [0.1, 0.15) is 5.56 Å². The lowest BCUT2D eigenvalue weighted by Gasteiger charge is -2.03. The van der Waals surface area contributed by atoms with Crippen molar-refractivity contribution in [3.8, 4) is 17.1 Å². The molecule has 0 saturated heterocycles. The highest BCUT2D eigenvalue weighted by atomic mass is 16.3. The molecule has 3 heteroatoms. The second-order valence-electron chi connectivity index (χ2n) is 4.54. The number of hydrogen-bond acceptors (Lipinski definition) is 2. The van der Waals surface area contributed by atoms with Crippen LogP contribution in [0, 0.1) is 6.92 Å². The summed E-state index contributed by atoms with van der Waals surface area (Å²) in [6.07, 6.45) is 0. The molecule has 0 bridgehead atoms. The molecule has 1 N–H and O–H groups in total. The SMILES string of the molecule is Cc1cccc(-c2nc3ccc(O)cc3n2C)c1. The molecule has 0 aliphatic heterocycles. The van der Waals surface area contributed by atoms with E-state index in [-0.39, 0.29) is 5.75 Å². The molecular formula is C15H14N2O. The highest BCUT2D eigenvalue weighted by molar-refractivity contribution is 5.81. The number of imidazole rings is 1. The number of rotatable bonds is 1. The molecular weight excluding hydrogens is 224 g/mol. The van der Waals surface area contributed by atoms with Crippen LogP contribution in [-0.4, -0.2) is 14.7 Å². The van der Waals surface area contributed by atoms with Crippen molar-refractivity contribution < 1.29 is 5.11 Å². The molecule has 3 aromatic rings. The van der Waals surface area contributed by atoms with Crippen LogP contribution in [0.2, 0.25) is 0 Å². The van der Waals surface area contributed by atoms with Gasteiger partial charge in [0.15, 0.2) is 0 Å². The summed E-state index contributed by atoms with van der Waals surface area (Å²) in [7, 11) is 1.96. The van der Waals surface area contributed by atoms with Gasteiger partial charge in [0, 0.05) is 18.7 Å². The van der Waals surface area contributed by atoms with Crippen LogP contribution in [0.4, 0.5) is 0 Å². The number of phenols is 1. The van der Waals surface area contributed by atoms with Gasteiger partial charge in [0.05, 0.1) is 11.0 Å². The molecule has 3 rings (SSSR count). The van der Waals surface area contributed by atoms with Crippen LogP contribution in [0.5, 0.6) is 5.75 Å². The molecule has 0 radical (unpaired) electrons. The molecule has 2 aromatic carbocycles. The predicted molar refractivity (Wildman–Crippen MR) is 72.6 cm³/mol. The smallest absolute Gasteiger partial charge is 0.140 e. The second kappa shape index (κ2) is 3.88. The lowest BCUT2D eigenvalue weighted by molar-refractivity contribution is 0.476. The minimum absolute atomic E-state index is 0.265. The van der Waals surface area contributed by atoms with Crippen molar-refractivity contribution in [1.29, 1.82) is 0 Å². The van der Waals surface area contributed by atoms with Crippen LogP contribution in [0.25, 0.3) is 22.4 Å².